The Morgan fingerprint density at radius 3 is 2.44 bits per heavy atom. The van der Waals surface area contributed by atoms with Crippen molar-refractivity contribution in [3.8, 4) is 0 Å². The lowest BCUT2D eigenvalue weighted by atomic mass is 10.1. The van der Waals surface area contributed by atoms with Gasteiger partial charge in [-0.25, -0.2) is 0 Å². The number of para-hydroxylation sites is 1. The number of benzene rings is 1. The van der Waals surface area contributed by atoms with Crippen LogP contribution in [0.15, 0.2) is 24.3 Å². The molecule has 0 aliphatic rings. The van der Waals surface area contributed by atoms with E-state index in [2.05, 4.69) is 6.92 Å². The van der Waals surface area contributed by atoms with Crippen molar-refractivity contribution in [2.45, 2.75) is 6.42 Å². The first kappa shape index (κ1) is 6.14. The van der Waals surface area contributed by atoms with Crippen molar-refractivity contribution in [3.63, 3.8) is 0 Å². The quantitative estimate of drug-likeness (QED) is 0.560. The van der Waals surface area contributed by atoms with Gasteiger partial charge >= 0.3 is 0 Å². The van der Waals surface area contributed by atoms with E-state index in [1.165, 1.54) is 0 Å². The first-order valence-corrected chi connectivity index (χ1v) is 2.97. The third kappa shape index (κ3) is 1.22. The second-order valence-corrected chi connectivity index (χ2v) is 1.95. The van der Waals surface area contributed by atoms with Gasteiger partial charge in [0.2, 0.25) is 0 Å². The van der Waals surface area contributed by atoms with Crippen LogP contribution in [-0.2, 0) is 6.42 Å². The van der Waals surface area contributed by atoms with Crippen LogP contribution in [0.5, 0.6) is 0 Å². The normalized spacial score (nSPS) is 9.44. The van der Waals surface area contributed by atoms with Crippen LogP contribution < -0.4 is 5.73 Å². The van der Waals surface area contributed by atoms with E-state index in [1.54, 1.807) is 0 Å². The highest BCUT2D eigenvalue weighted by Gasteiger charge is 1.90. The molecule has 0 saturated carbocycles. The average molecular weight is 120 g/mol. The van der Waals surface area contributed by atoms with Crippen molar-refractivity contribution >= 4 is 5.69 Å². The van der Waals surface area contributed by atoms with Crippen LogP contribution >= 0.6 is 0 Å². The van der Waals surface area contributed by atoms with Crippen molar-refractivity contribution in [3.05, 3.63) is 36.8 Å². The molecule has 0 aliphatic heterocycles. The molecule has 0 spiro atoms. The molecule has 1 nitrogen and oxygen atoms in total. The molecule has 0 amide bonds. The Bertz CT molecular complexity index is 194. The summed E-state index contributed by atoms with van der Waals surface area (Å²) in [7, 11) is 0. The standard InChI is InChI=1S/C8H10N/c1-2-7-5-3-4-6-8(7)9/h3-6H,1-2,9H2. The Hall–Kier alpha value is -0.980. The van der Waals surface area contributed by atoms with Gasteiger partial charge in [0.05, 0.1) is 0 Å². The van der Waals surface area contributed by atoms with Gasteiger partial charge in [-0.15, -0.1) is 0 Å². The van der Waals surface area contributed by atoms with Crippen molar-refractivity contribution in [1.82, 2.24) is 0 Å². The molecular formula is C8H10N. The zero-order chi connectivity index (χ0) is 6.69. The van der Waals surface area contributed by atoms with Crippen LogP contribution in [-0.4, -0.2) is 0 Å². The summed E-state index contributed by atoms with van der Waals surface area (Å²) >= 11 is 0. The lowest BCUT2D eigenvalue weighted by Gasteiger charge is -1.98. The molecule has 0 unspecified atom stereocenters. The van der Waals surface area contributed by atoms with Gasteiger partial charge in [-0.05, 0) is 25.0 Å². The van der Waals surface area contributed by atoms with Gasteiger partial charge in [0.25, 0.3) is 0 Å². The van der Waals surface area contributed by atoms with Crippen molar-refractivity contribution in [2.75, 3.05) is 5.73 Å². The zero-order valence-electron chi connectivity index (χ0n) is 5.30. The third-order valence-electron chi connectivity index (χ3n) is 1.32. The predicted octanol–water partition coefficient (Wildman–Crippen LogP) is 1.65. The highest BCUT2D eigenvalue weighted by atomic mass is 14.5. The molecule has 0 saturated heterocycles. The number of hydrogen-bond donors (Lipinski definition) is 1. The number of nitrogens with two attached hydrogens (primary N) is 1. The molecule has 0 aliphatic carbocycles. The second kappa shape index (κ2) is 2.53. The van der Waals surface area contributed by atoms with Crippen LogP contribution in [0.1, 0.15) is 5.56 Å². The molecule has 47 valence electrons. The molecule has 1 radical (unpaired) electrons. The minimum Gasteiger partial charge on any atom is -0.399 e. The van der Waals surface area contributed by atoms with Crippen LogP contribution in [0.2, 0.25) is 0 Å². The Morgan fingerprint density at radius 2 is 2.00 bits per heavy atom. The lowest BCUT2D eigenvalue weighted by molar-refractivity contribution is 1.28. The smallest absolute Gasteiger partial charge is 0.0346 e. The largest absolute Gasteiger partial charge is 0.399 e. The third-order valence-corrected chi connectivity index (χ3v) is 1.32. The SMILES string of the molecule is [CH2]Cc1ccccc1N. The highest BCUT2D eigenvalue weighted by Crippen LogP contribution is 2.09. The van der Waals surface area contributed by atoms with E-state index in [-0.39, 0.29) is 0 Å². The molecule has 0 fully saturated rings. The number of nitrogen functional groups attached to an aromatic ring is 1. The van der Waals surface area contributed by atoms with Gasteiger partial charge < -0.3 is 5.73 Å². The molecule has 0 bridgehead atoms. The predicted molar refractivity (Wildman–Crippen MR) is 39.9 cm³/mol. The molecule has 0 aromatic heterocycles. The number of hydrogen-bond acceptors (Lipinski definition) is 1. The maximum absolute atomic E-state index is 5.59. The summed E-state index contributed by atoms with van der Waals surface area (Å²) < 4.78 is 0. The first-order valence-electron chi connectivity index (χ1n) is 2.97. The lowest BCUT2D eigenvalue weighted by Crippen LogP contribution is -1.90. The summed E-state index contributed by atoms with van der Waals surface area (Å²) in [6, 6.07) is 7.77. The molecule has 1 aromatic carbocycles. The molecule has 1 heteroatoms. The van der Waals surface area contributed by atoms with E-state index in [1.807, 2.05) is 24.3 Å². The molecule has 1 rings (SSSR count). The van der Waals surface area contributed by atoms with Crippen LogP contribution in [0.25, 0.3) is 0 Å². The van der Waals surface area contributed by atoms with Gasteiger partial charge in [-0.1, -0.05) is 18.2 Å². The van der Waals surface area contributed by atoms with E-state index in [0.29, 0.717) is 0 Å². The monoisotopic (exact) mass is 120 g/mol. The summed E-state index contributed by atoms with van der Waals surface area (Å²) in [5.74, 6) is 0. The van der Waals surface area contributed by atoms with Gasteiger partial charge in [0, 0.05) is 5.69 Å². The van der Waals surface area contributed by atoms with Gasteiger partial charge in [0.15, 0.2) is 0 Å². The topological polar surface area (TPSA) is 26.0 Å². The fourth-order valence-corrected chi connectivity index (χ4v) is 0.762. The Kier molecular flexibility index (Phi) is 1.73. The Labute approximate surface area is 55.5 Å². The van der Waals surface area contributed by atoms with Crippen molar-refractivity contribution in [1.29, 1.82) is 0 Å². The van der Waals surface area contributed by atoms with Crippen molar-refractivity contribution < 1.29 is 0 Å². The minimum absolute atomic E-state index is 0.771. The number of rotatable bonds is 1. The summed E-state index contributed by atoms with van der Waals surface area (Å²) in [6.45, 7) is 3.74. The molecular weight excluding hydrogens is 110 g/mol. The zero-order valence-corrected chi connectivity index (χ0v) is 5.30. The summed E-state index contributed by atoms with van der Waals surface area (Å²) in [5, 5.41) is 0. The highest BCUT2D eigenvalue weighted by molar-refractivity contribution is 5.46. The maximum atomic E-state index is 5.59. The second-order valence-electron chi connectivity index (χ2n) is 1.95. The van der Waals surface area contributed by atoms with E-state index in [9.17, 15) is 0 Å². The van der Waals surface area contributed by atoms with Gasteiger partial charge in [-0.2, -0.15) is 0 Å². The Morgan fingerprint density at radius 1 is 1.33 bits per heavy atom. The van der Waals surface area contributed by atoms with Gasteiger partial charge in [0.1, 0.15) is 0 Å². The van der Waals surface area contributed by atoms with Crippen molar-refractivity contribution in [2.24, 2.45) is 0 Å². The van der Waals surface area contributed by atoms with Gasteiger partial charge in [-0.3, -0.25) is 0 Å². The molecule has 0 heterocycles. The first-order chi connectivity index (χ1) is 4.34. The molecule has 0 atom stereocenters. The van der Waals surface area contributed by atoms with E-state index in [4.69, 9.17) is 5.73 Å². The molecule has 1 aromatic rings. The minimum atomic E-state index is 0.771. The Balaban J connectivity index is 3.01. The van der Waals surface area contributed by atoms with E-state index >= 15 is 0 Å². The van der Waals surface area contributed by atoms with Crippen LogP contribution in [0.3, 0.4) is 0 Å². The fourth-order valence-electron chi connectivity index (χ4n) is 0.762. The number of anilines is 1. The van der Waals surface area contributed by atoms with E-state index in [0.717, 1.165) is 17.7 Å². The summed E-state index contributed by atoms with van der Waals surface area (Å²) in [4.78, 5) is 0. The summed E-state index contributed by atoms with van der Waals surface area (Å²) in [6.07, 6.45) is 0.771. The summed E-state index contributed by atoms with van der Waals surface area (Å²) in [5.41, 5.74) is 7.55. The molecule has 9 heavy (non-hydrogen) atoms. The van der Waals surface area contributed by atoms with Crippen LogP contribution in [0.4, 0.5) is 5.69 Å². The fraction of sp³-hybridized carbons (Fsp3) is 0.125. The van der Waals surface area contributed by atoms with E-state index < -0.39 is 0 Å². The molecule has 2 N–H and O–H groups in total. The maximum Gasteiger partial charge on any atom is 0.0346 e. The average Bonchev–Trinajstić information content (AvgIpc) is 1.89. The van der Waals surface area contributed by atoms with Crippen LogP contribution in [0, 0.1) is 6.92 Å².